The van der Waals surface area contributed by atoms with Crippen molar-refractivity contribution in [3.63, 3.8) is 0 Å². The van der Waals surface area contributed by atoms with Gasteiger partial charge in [-0.15, -0.1) is 0 Å². The van der Waals surface area contributed by atoms with E-state index in [4.69, 9.17) is 9.26 Å². The molecule has 0 fully saturated rings. The molecule has 5 rings (SSSR count). The summed E-state index contributed by atoms with van der Waals surface area (Å²) < 4.78 is 14.4. The van der Waals surface area contributed by atoms with Gasteiger partial charge in [0.15, 0.2) is 0 Å². The molecule has 0 aliphatic carbocycles. The molecule has 0 aliphatic rings. The standard InChI is InChI=1S/C21H15BrN6O3/c1-30-18-5-3-2-4-15(18)20-24-19(31-26-20)11-27-21(29)17-10-16(25-28(17)12-23-27)13-6-8-14(22)9-7-13/h2-10,12H,11H2,1H3. The number of aromatic nitrogens is 6. The molecule has 0 amide bonds. The number of hydrogen-bond acceptors (Lipinski definition) is 7. The van der Waals surface area contributed by atoms with Crippen LogP contribution in [0.4, 0.5) is 0 Å². The van der Waals surface area contributed by atoms with E-state index in [1.807, 2.05) is 48.5 Å². The molecular weight excluding hydrogens is 464 g/mol. The second-order valence-electron chi connectivity index (χ2n) is 6.67. The fraction of sp³-hybridized carbons (Fsp3) is 0.0952. The minimum absolute atomic E-state index is 0.0380. The SMILES string of the molecule is COc1ccccc1-c1noc(Cn2ncn3nc(-c4ccc(Br)cc4)cc3c2=O)n1. The molecule has 3 heterocycles. The van der Waals surface area contributed by atoms with Gasteiger partial charge >= 0.3 is 0 Å². The summed E-state index contributed by atoms with van der Waals surface area (Å²) in [5.74, 6) is 1.27. The molecule has 154 valence electrons. The first-order valence-corrected chi connectivity index (χ1v) is 10.1. The number of halogens is 1. The van der Waals surface area contributed by atoms with Gasteiger partial charge in [-0.25, -0.2) is 9.20 Å². The maximum absolute atomic E-state index is 12.9. The Morgan fingerprint density at radius 3 is 2.74 bits per heavy atom. The maximum Gasteiger partial charge on any atom is 0.293 e. The minimum Gasteiger partial charge on any atom is -0.496 e. The highest BCUT2D eigenvalue weighted by Crippen LogP contribution is 2.27. The van der Waals surface area contributed by atoms with Gasteiger partial charge in [-0.1, -0.05) is 45.4 Å². The van der Waals surface area contributed by atoms with Gasteiger partial charge in [0.25, 0.3) is 5.56 Å². The van der Waals surface area contributed by atoms with Gasteiger partial charge < -0.3 is 9.26 Å². The zero-order chi connectivity index (χ0) is 21.4. The highest BCUT2D eigenvalue weighted by molar-refractivity contribution is 9.10. The quantitative estimate of drug-likeness (QED) is 0.381. The van der Waals surface area contributed by atoms with Crippen LogP contribution in [-0.2, 0) is 6.54 Å². The number of methoxy groups -OCH3 is 1. The van der Waals surface area contributed by atoms with Crippen LogP contribution >= 0.6 is 15.9 Å². The summed E-state index contributed by atoms with van der Waals surface area (Å²) >= 11 is 3.41. The molecule has 10 heteroatoms. The predicted octanol–water partition coefficient (Wildman–Crippen LogP) is 3.43. The molecule has 0 atom stereocenters. The second-order valence-corrected chi connectivity index (χ2v) is 7.59. The van der Waals surface area contributed by atoms with Crippen LogP contribution in [0.3, 0.4) is 0 Å². The third-order valence-electron chi connectivity index (χ3n) is 4.73. The Hall–Kier alpha value is -3.79. The van der Waals surface area contributed by atoms with Gasteiger partial charge in [0, 0.05) is 10.0 Å². The molecule has 5 aromatic rings. The monoisotopic (exact) mass is 478 g/mol. The lowest BCUT2D eigenvalue weighted by molar-refractivity contribution is 0.362. The van der Waals surface area contributed by atoms with Crippen LogP contribution < -0.4 is 10.3 Å². The van der Waals surface area contributed by atoms with E-state index >= 15 is 0 Å². The lowest BCUT2D eigenvalue weighted by Crippen LogP contribution is -2.25. The molecule has 0 unspecified atom stereocenters. The second kappa shape index (κ2) is 7.80. The van der Waals surface area contributed by atoms with Crippen molar-refractivity contribution in [2.75, 3.05) is 7.11 Å². The van der Waals surface area contributed by atoms with Crippen molar-refractivity contribution in [3.05, 3.63) is 81.6 Å². The van der Waals surface area contributed by atoms with Crippen molar-refractivity contribution < 1.29 is 9.26 Å². The highest BCUT2D eigenvalue weighted by atomic mass is 79.9. The summed E-state index contributed by atoms with van der Waals surface area (Å²) in [6.07, 6.45) is 1.48. The molecule has 31 heavy (non-hydrogen) atoms. The highest BCUT2D eigenvalue weighted by Gasteiger charge is 2.15. The summed E-state index contributed by atoms with van der Waals surface area (Å²) in [6.45, 7) is 0.0380. The molecule has 0 N–H and O–H groups in total. The first-order chi connectivity index (χ1) is 15.1. The maximum atomic E-state index is 12.9. The number of ether oxygens (including phenoxy) is 1. The molecule has 0 spiro atoms. The van der Waals surface area contributed by atoms with Crippen molar-refractivity contribution in [1.82, 2.24) is 29.5 Å². The normalized spacial score (nSPS) is 11.2. The van der Waals surface area contributed by atoms with E-state index in [0.717, 1.165) is 10.0 Å². The van der Waals surface area contributed by atoms with Crippen LogP contribution in [-0.4, -0.2) is 36.6 Å². The molecule has 0 saturated carbocycles. The van der Waals surface area contributed by atoms with E-state index in [1.54, 1.807) is 13.2 Å². The van der Waals surface area contributed by atoms with E-state index in [9.17, 15) is 4.79 Å². The zero-order valence-electron chi connectivity index (χ0n) is 16.3. The average Bonchev–Trinajstić information content (AvgIpc) is 3.44. The number of benzene rings is 2. The van der Waals surface area contributed by atoms with Gasteiger partial charge in [-0.3, -0.25) is 4.79 Å². The Labute approximate surface area is 184 Å². The predicted molar refractivity (Wildman–Crippen MR) is 116 cm³/mol. The van der Waals surface area contributed by atoms with Crippen molar-refractivity contribution in [3.8, 4) is 28.4 Å². The number of fused-ring (bicyclic) bond motifs is 1. The fourth-order valence-electron chi connectivity index (χ4n) is 3.20. The smallest absolute Gasteiger partial charge is 0.293 e. The third-order valence-corrected chi connectivity index (χ3v) is 5.26. The van der Waals surface area contributed by atoms with E-state index in [1.165, 1.54) is 15.5 Å². The topological polar surface area (TPSA) is 100 Å². The van der Waals surface area contributed by atoms with Crippen molar-refractivity contribution in [1.29, 1.82) is 0 Å². The molecule has 2 aromatic carbocycles. The largest absolute Gasteiger partial charge is 0.496 e. The lowest BCUT2D eigenvalue weighted by Gasteiger charge is -2.03. The van der Waals surface area contributed by atoms with Crippen LogP contribution in [0, 0.1) is 0 Å². The van der Waals surface area contributed by atoms with Crippen molar-refractivity contribution in [2.45, 2.75) is 6.54 Å². The average molecular weight is 479 g/mol. The zero-order valence-corrected chi connectivity index (χ0v) is 17.9. The van der Waals surface area contributed by atoms with Gasteiger partial charge in [0.2, 0.25) is 11.7 Å². The Bertz CT molecular complexity index is 1440. The Morgan fingerprint density at radius 2 is 1.94 bits per heavy atom. The van der Waals surface area contributed by atoms with E-state index in [0.29, 0.717) is 28.3 Å². The summed E-state index contributed by atoms with van der Waals surface area (Å²) in [5, 5.41) is 12.6. The molecule has 9 nitrogen and oxygen atoms in total. The van der Waals surface area contributed by atoms with Crippen LogP contribution in [0.5, 0.6) is 5.75 Å². The first kappa shape index (κ1) is 19.2. The van der Waals surface area contributed by atoms with Gasteiger partial charge in [0.1, 0.15) is 24.1 Å². The fourth-order valence-corrected chi connectivity index (χ4v) is 3.46. The number of rotatable bonds is 5. The number of nitrogens with zero attached hydrogens (tertiary/aromatic N) is 6. The third kappa shape index (κ3) is 3.61. The summed E-state index contributed by atoms with van der Waals surface area (Å²) in [5.41, 5.74) is 2.37. The molecule has 0 radical (unpaired) electrons. The summed E-state index contributed by atoms with van der Waals surface area (Å²) in [6, 6.07) is 16.8. The minimum atomic E-state index is -0.310. The summed E-state index contributed by atoms with van der Waals surface area (Å²) in [7, 11) is 1.58. The first-order valence-electron chi connectivity index (χ1n) is 9.30. The molecule has 0 aliphatic heterocycles. The lowest BCUT2D eigenvalue weighted by atomic mass is 10.1. The number of para-hydroxylation sites is 1. The summed E-state index contributed by atoms with van der Waals surface area (Å²) in [4.78, 5) is 17.3. The Balaban J connectivity index is 1.46. The van der Waals surface area contributed by atoms with Crippen molar-refractivity contribution >= 4 is 21.4 Å². The van der Waals surface area contributed by atoms with Crippen LogP contribution in [0.2, 0.25) is 0 Å². The van der Waals surface area contributed by atoms with Gasteiger partial charge in [-0.05, 0) is 30.3 Å². The van der Waals surface area contributed by atoms with E-state index in [2.05, 4.69) is 36.3 Å². The van der Waals surface area contributed by atoms with Crippen LogP contribution in [0.25, 0.3) is 28.2 Å². The van der Waals surface area contributed by atoms with E-state index < -0.39 is 0 Å². The Kier molecular flexibility index (Phi) is 4.83. The Morgan fingerprint density at radius 1 is 1.13 bits per heavy atom. The van der Waals surface area contributed by atoms with Crippen LogP contribution in [0.1, 0.15) is 5.89 Å². The number of hydrogen-bond donors (Lipinski definition) is 0. The molecule has 0 saturated heterocycles. The van der Waals surface area contributed by atoms with Crippen LogP contribution in [0.15, 0.2) is 74.7 Å². The molecular formula is C21H15BrN6O3. The van der Waals surface area contributed by atoms with E-state index in [-0.39, 0.29) is 18.0 Å². The van der Waals surface area contributed by atoms with Gasteiger partial charge in [-0.2, -0.15) is 15.2 Å². The molecule has 3 aromatic heterocycles. The molecule has 0 bridgehead atoms. The van der Waals surface area contributed by atoms with Gasteiger partial charge in [0.05, 0.1) is 18.4 Å². The van der Waals surface area contributed by atoms with Crippen molar-refractivity contribution in [2.24, 2.45) is 0 Å².